The number of rotatable bonds is 10. The molecule has 1 heterocycles. The van der Waals surface area contributed by atoms with Crippen molar-refractivity contribution < 1.29 is 19.4 Å². The second-order valence-electron chi connectivity index (χ2n) is 11.4. The summed E-state index contributed by atoms with van der Waals surface area (Å²) in [4.78, 5) is 24.9. The quantitative estimate of drug-likeness (QED) is 0.201. The van der Waals surface area contributed by atoms with Crippen LogP contribution in [0.1, 0.15) is 84.9 Å². The molecule has 1 amide bonds. The van der Waals surface area contributed by atoms with Crippen molar-refractivity contribution >= 4 is 34.4 Å². The van der Waals surface area contributed by atoms with E-state index < -0.39 is 12.1 Å². The fraction of sp³-hybridized carbons (Fsp3) is 0.353. The molecule has 0 aliphatic carbocycles. The first-order valence-electron chi connectivity index (χ1n) is 14.0. The maximum Gasteiger partial charge on any atom is 0.345 e. The molecule has 2 N–H and O–H groups in total. The smallest absolute Gasteiger partial charge is 0.345 e. The van der Waals surface area contributed by atoms with Crippen LogP contribution in [0.5, 0.6) is 5.75 Å². The van der Waals surface area contributed by atoms with Gasteiger partial charge in [-0.05, 0) is 79.3 Å². The Morgan fingerprint density at radius 3 is 2.32 bits per heavy atom. The van der Waals surface area contributed by atoms with Crippen molar-refractivity contribution in [3.63, 3.8) is 0 Å². The van der Waals surface area contributed by atoms with Gasteiger partial charge in [-0.2, -0.15) is 0 Å². The second-order valence-corrected chi connectivity index (χ2v) is 11.8. The fourth-order valence-electron chi connectivity index (χ4n) is 5.07. The van der Waals surface area contributed by atoms with Crippen molar-refractivity contribution in [1.29, 1.82) is 0 Å². The average molecular weight is 575 g/mol. The van der Waals surface area contributed by atoms with Crippen LogP contribution in [0.4, 0.5) is 0 Å². The Labute approximate surface area is 247 Å². The van der Waals surface area contributed by atoms with E-state index in [1.165, 1.54) is 5.56 Å². The van der Waals surface area contributed by atoms with Crippen molar-refractivity contribution in [1.82, 2.24) is 9.88 Å². The van der Waals surface area contributed by atoms with Gasteiger partial charge in [0.15, 0.2) is 6.10 Å². The molecule has 0 radical (unpaired) electrons. The number of carbonyl (C=O) groups is 2. The Hall–Kier alpha value is -3.77. The van der Waals surface area contributed by atoms with Crippen LogP contribution in [0.15, 0.2) is 60.7 Å². The van der Waals surface area contributed by atoms with Gasteiger partial charge in [-0.1, -0.05) is 69.6 Å². The van der Waals surface area contributed by atoms with E-state index in [4.69, 9.17) is 16.3 Å². The molecule has 3 aromatic carbocycles. The number of fused-ring (bicyclic) bond motifs is 1. The third-order valence-corrected chi connectivity index (χ3v) is 8.08. The summed E-state index contributed by atoms with van der Waals surface area (Å²) in [6.07, 6.45) is -0.995. The van der Waals surface area contributed by atoms with E-state index in [2.05, 4.69) is 49.7 Å². The largest absolute Gasteiger partial charge is 0.478 e. The molecule has 2 atom stereocenters. The lowest BCUT2D eigenvalue weighted by molar-refractivity contribution is -0.147. The third-order valence-electron chi connectivity index (χ3n) is 7.77. The molecule has 1 unspecified atom stereocenters. The Kier molecular flexibility index (Phi) is 9.13. The fourth-order valence-corrected chi connectivity index (χ4v) is 5.24. The molecule has 0 bridgehead atoms. The number of ether oxygens (including phenoxy) is 1. The lowest BCUT2D eigenvalue weighted by atomic mass is 9.98. The summed E-state index contributed by atoms with van der Waals surface area (Å²) in [5, 5.41) is 14.1. The normalized spacial score (nSPS) is 13.0. The summed E-state index contributed by atoms with van der Waals surface area (Å²) in [5.74, 6) is -0.586. The first kappa shape index (κ1) is 30.2. The number of aryl methyl sites for hydroxylation is 1. The minimum atomic E-state index is -1.03. The van der Waals surface area contributed by atoms with Gasteiger partial charge in [-0.25, -0.2) is 4.79 Å². The summed E-state index contributed by atoms with van der Waals surface area (Å²) in [6, 6.07) is 19.5. The maximum atomic E-state index is 13.3. The third kappa shape index (κ3) is 6.59. The summed E-state index contributed by atoms with van der Waals surface area (Å²) >= 11 is 6.36. The number of nitrogens with one attached hydrogen (secondary N) is 1. The number of hydrogen-bond acceptors (Lipinski definition) is 3. The van der Waals surface area contributed by atoms with E-state index >= 15 is 0 Å². The van der Waals surface area contributed by atoms with Gasteiger partial charge in [0.1, 0.15) is 5.75 Å². The van der Waals surface area contributed by atoms with Gasteiger partial charge in [0.25, 0.3) is 5.91 Å². The van der Waals surface area contributed by atoms with E-state index in [1.807, 2.05) is 43.3 Å². The molecule has 0 fully saturated rings. The lowest BCUT2D eigenvalue weighted by Crippen LogP contribution is -2.32. The Morgan fingerprint density at radius 2 is 1.66 bits per heavy atom. The maximum absolute atomic E-state index is 13.3. The van der Waals surface area contributed by atoms with Crippen LogP contribution in [0, 0.1) is 19.8 Å². The van der Waals surface area contributed by atoms with Crippen LogP contribution < -0.4 is 10.1 Å². The average Bonchev–Trinajstić information content (AvgIpc) is 3.16. The van der Waals surface area contributed by atoms with E-state index in [9.17, 15) is 14.7 Å². The zero-order valence-electron chi connectivity index (χ0n) is 24.8. The van der Waals surface area contributed by atoms with Gasteiger partial charge in [0.05, 0.1) is 11.1 Å². The monoisotopic (exact) mass is 574 g/mol. The van der Waals surface area contributed by atoms with Crippen molar-refractivity contribution in [2.45, 2.75) is 73.1 Å². The van der Waals surface area contributed by atoms with E-state index in [0.717, 1.165) is 33.3 Å². The summed E-state index contributed by atoms with van der Waals surface area (Å²) < 4.78 is 8.00. The molecule has 41 heavy (non-hydrogen) atoms. The molecular formula is C34H39ClN2O4. The Balaban J connectivity index is 1.58. The lowest BCUT2D eigenvalue weighted by Gasteiger charge is -2.20. The predicted octanol–water partition coefficient (Wildman–Crippen LogP) is 8.06. The van der Waals surface area contributed by atoms with Gasteiger partial charge >= 0.3 is 5.97 Å². The van der Waals surface area contributed by atoms with Crippen molar-refractivity contribution in [2.24, 2.45) is 5.92 Å². The van der Waals surface area contributed by atoms with Crippen molar-refractivity contribution in [3.8, 4) is 5.75 Å². The molecule has 0 aliphatic rings. The molecule has 216 valence electrons. The van der Waals surface area contributed by atoms with Crippen LogP contribution in [-0.4, -0.2) is 27.7 Å². The zero-order valence-corrected chi connectivity index (χ0v) is 25.5. The van der Waals surface area contributed by atoms with Crippen LogP contribution in [0.3, 0.4) is 0 Å². The number of hydrogen-bond donors (Lipinski definition) is 2. The number of benzene rings is 3. The van der Waals surface area contributed by atoms with Crippen molar-refractivity contribution in [3.05, 3.63) is 99.2 Å². The molecule has 0 aliphatic heterocycles. The molecule has 0 spiro atoms. The number of carboxylic acid groups (broad SMARTS) is 1. The topological polar surface area (TPSA) is 80.6 Å². The number of aromatic nitrogens is 1. The van der Waals surface area contributed by atoms with Crippen LogP contribution in [0.2, 0.25) is 5.02 Å². The van der Waals surface area contributed by atoms with Gasteiger partial charge in [-0.3, -0.25) is 4.79 Å². The molecule has 4 aromatic rings. The number of carboxylic acids is 1. The van der Waals surface area contributed by atoms with Gasteiger partial charge in [0.2, 0.25) is 0 Å². The Bertz CT molecular complexity index is 1590. The highest BCUT2D eigenvalue weighted by molar-refractivity contribution is 6.32. The summed E-state index contributed by atoms with van der Waals surface area (Å²) in [6.45, 7) is 14.6. The molecule has 0 saturated heterocycles. The number of amides is 1. The number of halogens is 1. The van der Waals surface area contributed by atoms with E-state index in [0.29, 0.717) is 28.8 Å². The molecule has 0 saturated carbocycles. The molecular weight excluding hydrogens is 536 g/mol. The first-order chi connectivity index (χ1) is 19.4. The van der Waals surface area contributed by atoms with E-state index in [-0.39, 0.29) is 17.9 Å². The zero-order chi connectivity index (χ0) is 30.0. The highest BCUT2D eigenvalue weighted by Crippen LogP contribution is 2.31. The predicted molar refractivity (Wildman–Crippen MR) is 165 cm³/mol. The number of carbonyl (C=O) groups excluding carboxylic acids is 1. The van der Waals surface area contributed by atoms with Crippen LogP contribution in [0.25, 0.3) is 10.9 Å². The molecule has 4 rings (SSSR count). The SMILES string of the molecule is Cc1c(C)n(Cc2ccc(Cl)c(OC(C(=O)O)C(C)C)c2)c2ccc(C(=O)N[C@@H](C)c3cccc(C(C)C)c3)cc12. The molecule has 6 nitrogen and oxygen atoms in total. The highest BCUT2D eigenvalue weighted by Gasteiger charge is 2.25. The first-order valence-corrected chi connectivity index (χ1v) is 14.4. The van der Waals surface area contributed by atoms with Crippen molar-refractivity contribution in [2.75, 3.05) is 0 Å². The number of aliphatic carboxylic acids is 1. The van der Waals surface area contributed by atoms with Crippen LogP contribution in [-0.2, 0) is 11.3 Å². The second kappa shape index (κ2) is 12.4. The summed E-state index contributed by atoms with van der Waals surface area (Å²) in [7, 11) is 0. The number of nitrogens with zero attached hydrogens (tertiary/aromatic N) is 1. The standard InChI is InChI=1S/C34H39ClN2O4/c1-19(2)25-9-8-10-26(16-25)22(6)36-33(38)27-12-14-30-28(17-27)21(5)23(7)37(30)18-24-11-13-29(35)31(15-24)41-32(20(3)4)34(39)40/h8-17,19-20,22,32H,18H2,1-7H3,(H,36,38)(H,39,40)/t22-,32?/m0/s1. The van der Waals surface area contributed by atoms with Gasteiger partial charge < -0.3 is 19.7 Å². The highest BCUT2D eigenvalue weighted by atomic mass is 35.5. The minimum absolute atomic E-state index is 0.114. The van der Waals surface area contributed by atoms with Gasteiger partial charge in [0, 0.05) is 34.6 Å². The molecule has 7 heteroatoms. The Morgan fingerprint density at radius 1 is 0.951 bits per heavy atom. The summed E-state index contributed by atoms with van der Waals surface area (Å²) in [5.41, 5.74) is 7.06. The minimum Gasteiger partial charge on any atom is -0.478 e. The van der Waals surface area contributed by atoms with Gasteiger partial charge in [-0.15, -0.1) is 0 Å². The molecule has 1 aromatic heterocycles. The van der Waals surface area contributed by atoms with Crippen LogP contribution >= 0.6 is 11.6 Å². The van der Waals surface area contributed by atoms with E-state index in [1.54, 1.807) is 26.0 Å².